The van der Waals surface area contributed by atoms with Crippen molar-refractivity contribution in [2.75, 3.05) is 6.54 Å². The Morgan fingerprint density at radius 1 is 2.00 bits per heavy atom. The number of halogens is 1. The Labute approximate surface area is 45.6 Å². The van der Waals surface area contributed by atoms with E-state index in [4.69, 9.17) is 0 Å². The largest absolute Gasteiger partial charge is 0.287 e. The Morgan fingerprint density at radius 3 is 2.60 bits per heavy atom. The average molecular weight is 183 g/mol. The van der Waals surface area contributed by atoms with Gasteiger partial charge in [0.15, 0.2) is 0 Å². The summed E-state index contributed by atoms with van der Waals surface area (Å²) in [4.78, 5) is 3.83. The predicted octanol–water partition coefficient (Wildman–Crippen LogP) is 1.47. The van der Waals surface area contributed by atoms with Crippen molar-refractivity contribution in [3.8, 4) is 0 Å². The van der Waals surface area contributed by atoms with Crippen LogP contribution < -0.4 is 0 Å². The fourth-order valence-corrected chi connectivity index (χ4v) is 0.463. The Bertz CT molecular complexity index is 33.9. The maximum absolute atomic E-state index is 3.83. The Hall–Kier alpha value is 0.400. The van der Waals surface area contributed by atoms with Gasteiger partial charge in [0.05, 0.1) is 4.22 Å². The van der Waals surface area contributed by atoms with Crippen LogP contribution in [0.4, 0.5) is 0 Å². The zero-order valence-corrected chi connectivity index (χ0v) is 5.27. The van der Waals surface area contributed by atoms with E-state index in [1.165, 1.54) is 0 Å². The SMILES string of the molecule is CCN=CI. The Balaban J connectivity index is 2.62. The lowest BCUT2D eigenvalue weighted by Crippen LogP contribution is -1.59. The smallest absolute Gasteiger partial charge is 0.0595 e. The van der Waals surface area contributed by atoms with Crippen LogP contribution in [0.25, 0.3) is 0 Å². The van der Waals surface area contributed by atoms with Gasteiger partial charge >= 0.3 is 0 Å². The summed E-state index contributed by atoms with van der Waals surface area (Å²) in [6, 6.07) is 0. The zero-order chi connectivity index (χ0) is 4.12. The molecule has 0 bridgehead atoms. The summed E-state index contributed by atoms with van der Waals surface area (Å²) in [6.45, 7) is 2.91. The first-order valence-corrected chi connectivity index (χ1v) is 2.75. The molecule has 0 fully saturated rings. The predicted molar refractivity (Wildman–Crippen MR) is 33.1 cm³/mol. The molecule has 0 N–H and O–H groups in total. The lowest BCUT2D eigenvalue weighted by atomic mass is 10.8. The normalized spacial score (nSPS) is 10.0. The second-order valence-electron chi connectivity index (χ2n) is 0.596. The van der Waals surface area contributed by atoms with Gasteiger partial charge in [-0.2, -0.15) is 0 Å². The van der Waals surface area contributed by atoms with Crippen molar-refractivity contribution in [3.63, 3.8) is 0 Å². The van der Waals surface area contributed by atoms with Gasteiger partial charge < -0.3 is 0 Å². The van der Waals surface area contributed by atoms with Crippen LogP contribution in [-0.2, 0) is 0 Å². The maximum atomic E-state index is 3.83. The molecule has 2 heteroatoms. The van der Waals surface area contributed by atoms with Crippen molar-refractivity contribution < 1.29 is 0 Å². The van der Waals surface area contributed by atoms with E-state index < -0.39 is 0 Å². The van der Waals surface area contributed by atoms with Gasteiger partial charge in [-0.25, -0.2) is 0 Å². The van der Waals surface area contributed by atoms with Crippen LogP contribution in [0.3, 0.4) is 0 Å². The number of rotatable bonds is 1. The molecule has 0 heterocycles. The summed E-state index contributed by atoms with van der Waals surface area (Å²) >= 11 is 2.10. The molecule has 0 amide bonds. The van der Waals surface area contributed by atoms with Crippen molar-refractivity contribution in [2.24, 2.45) is 4.99 Å². The van der Waals surface area contributed by atoms with Crippen molar-refractivity contribution in [1.82, 2.24) is 0 Å². The van der Waals surface area contributed by atoms with Gasteiger partial charge in [-0.15, -0.1) is 0 Å². The van der Waals surface area contributed by atoms with Gasteiger partial charge in [0.2, 0.25) is 0 Å². The van der Waals surface area contributed by atoms with Crippen LogP contribution in [-0.4, -0.2) is 10.8 Å². The van der Waals surface area contributed by atoms with Gasteiger partial charge in [0, 0.05) is 6.54 Å². The van der Waals surface area contributed by atoms with Crippen LogP contribution in [0.1, 0.15) is 6.92 Å². The van der Waals surface area contributed by atoms with Gasteiger partial charge in [0.1, 0.15) is 0 Å². The van der Waals surface area contributed by atoms with Crippen molar-refractivity contribution in [2.45, 2.75) is 6.92 Å². The first-order valence-electron chi connectivity index (χ1n) is 1.50. The molecule has 0 aromatic rings. The van der Waals surface area contributed by atoms with Gasteiger partial charge in [-0.05, 0) is 29.5 Å². The zero-order valence-electron chi connectivity index (χ0n) is 3.11. The second-order valence-corrected chi connectivity index (χ2v) is 1.15. The third kappa shape index (κ3) is 4.40. The molecule has 30 valence electrons. The van der Waals surface area contributed by atoms with Crippen LogP contribution in [0.5, 0.6) is 0 Å². The van der Waals surface area contributed by atoms with Gasteiger partial charge in [-0.3, -0.25) is 4.99 Å². The second kappa shape index (κ2) is 4.40. The summed E-state index contributed by atoms with van der Waals surface area (Å²) in [5.74, 6) is 0. The Morgan fingerprint density at radius 2 is 2.60 bits per heavy atom. The lowest BCUT2D eigenvalue weighted by Gasteiger charge is -1.66. The molecule has 0 saturated heterocycles. The molecule has 0 spiro atoms. The minimum atomic E-state index is 0.906. The molecule has 0 aromatic carbocycles. The molecule has 0 atom stereocenters. The van der Waals surface area contributed by atoms with E-state index in [1.54, 1.807) is 4.22 Å². The molecule has 0 aliphatic heterocycles. The van der Waals surface area contributed by atoms with E-state index in [0.717, 1.165) is 6.54 Å². The third-order valence-corrected chi connectivity index (χ3v) is 0.645. The number of aliphatic imine (C=N–C) groups is 1. The van der Waals surface area contributed by atoms with E-state index in [-0.39, 0.29) is 0 Å². The van der Waals surface area contributed by atoms with Crippen molar-refractivity contribution in [3.05, 3.63) is 0 Å². The lowest BCUT2D eigenvalue weighted by molar-refractivity contribution is 1.15. The molecule has 0 aliphatic carbocycles. The minimum Gasteiger partial charge on any atom is -0.287 e. The van der Waals surface area contributed by atoms with E-state index in [0.29, 0.717) is 0 Å². The molecule has 0 aromatic heterocycles. The highest BCUT2D eigenvalue weighted by Gasteiger charge is 1.52. The highest BCUT2D eigenvalue weighted by Crippen LogP contribution is 1.69. The molecular weight excluding hydrogens is 177 g/mol. The molecular formula is C3H6IN. The maximum Gasteiger partial charge on any atom is 0.0595 e. The highest BCUT2D eigenvalue weighted by atomic mass is 127. The Kier molecular flexibility index (Phi) is 4.75. The fraction of sp³-hybridized carbons (Fsp3) is 0.667. The summed E-state index contributed by atoms with van der Waals surface area (Å²) in [5, 5.41) is 0. The van der Waals surface area contributed by atoms with Gasteiger partial charge in [0.25, 0.3) is 0 Å². The topological polar surface area (TPSA) is 12.4 Å². The summed E-state index contributed by atoms with van der Waals surface area (Å²) in [7, 11) is 0. The molecule has 0 radical (unpaired) electrons. The van der Waals surface area contributed by atoms with Crippen molar-refractivity contribution in [1.29, 1.82) is 0 Å². The minimum absolute atomic E-state index is 0.906. The number of hydrogen-bond donors (Lipinski definition) is 0. The number of nitrogens with zero attached hydrogens (tertiary/aromatic N) is 1. The van der Waals surface area contributed by atoms with E-state index in [2.05, 4.69) is 27.6 Å². The summed E-state index contributed by atoms with van der Waals surface area (Å²) < 4.78 is 1.78. The first kappa shape index (κ1) is 5.40. The average Bonchev–Trinajstić information content (AvgIpc) is 1.41. The number of hydrogen-bond acceptors (Lipinski definition) is 1. The van der Waals surface area contributed by atoms with Crippen LogP contribution >= 0.6 is 22.6 Å². The quantitative estimate of drug-likeness (QED) is 0.431. The van der Waals surface area contributed by atoms with E-state index >= 15 is 0 Å². The monoisotopic (exact) mass is 183 g/mol. The van der Waals surface area contributed by atoms with Crippen molar-refractivity contribution >= 4 is 26.8 Å². The first-order chi connectivity index (χ1) is 2.41. The molecule has 1 nitrogen and oxygen atoms in total. The van der Waals surface area contributed by atoms with Crippen LogP contribution in [0.15, 0.2) is 4.99 Å². The molecule has 0 rings (SSSR count). The fourth-order valence-electron chi connectivity index (χ4n) is 0.0690. The third-order valence-electron chi connectivity index (χ3n) is 0.252. The van der Waals surface area contributed by atoms with Crippen LogP contribution in [0, 0.1) is 0 Å². The molecule has 0 aliphatic rings. The van der Waals surface area contributed by atoms with Gasteiger partial charge in [-0.1, -0.05) is 0 Å². The highest BCUT2D eigenvalue weighted by molar-refractivity contribution is 14.1. The standard InChI is InChI=1S/C3H6IN/c1-2-5-3-4/h3H,2H2,1H3. The molecule has 5 heavy (non-hydrogen) atoms. The summed E-state index contributed by atoms with van der Waals surface area (Å²) in [6.07, 6.45) is 0. The van der Waals surface area contributed by atoms with E-state index in [9.17, 15) is 0 Å². The molecule has 0 saturated carbocycles. The molecule has 0 unspecified atom stereocenters. The van der Waals surface area contributed by atoms with Crippen LogP contribution in [0.2, 0.25) is 0 Å². The summed E-state index contributed by atoms with van der Waals surface area (Å²) in [5.41, 5.74) is 0. The van der Waals surface area contributed by atoms with E-state index in [1.807, 2.05) is 6.92 Å².